The number of nitrogens with one attached hydrogen (secondary N) is 1. The van der Waals surface area contributed by atoms with Crippen molar-refractivity contribution < 1.29 is 9.53 Å². The van der Waals surface area contributed by atoms with Crippen molar-refractivity contribution in [3.63, 3.8) is 0 Å². The molecular formula is C10H20N2O2. The average molecular weight is 200 g/mol. The highest BCUT2D eigenvalue weighted by Gasteiger charge is 2.35. The molecule has 14 heavy (non-hydrogen) atoms. The van der Waals surface area contributed by atoms with E-state index in [0.717, 1.165) is 13.0 Å². The Morgan fingerprint density at radius 2 is 2.29 bits per heavy atom. The van der Waals surface area contributed by atoms with Gasteiger partial charge in [-0.05, 0) is 27.2 Å². The number of amides is 1. The molecule has 0 spiro atoms. The normalized spacial score (nSPS) is 27.7. The fraction of sp³-hybridized carbons (Fsp3) is 0.900. The first kappa shape index (κ1) is 11.5. The Hall–Kier alpha value is -0.610. The summed E-state index contributed by atoms with van der Waals surface area (Å²) in [6.45, 7) is 7.38. The fourth-order valence-electron chi connectivity index (χ4n) is 1.30. The predicted molar refractivity (Wildman–Crippen MR) is 54.8 cm³/mol. The van der Waals surface area contributed by atoms with Crippen LogP contribution >= 0.6 is 0 Å². The SMILES string of the molecule is CC1(NC(=O)C(C)(C)CN)CCOC1. The summed E-state index contributed by atoms with van der Waals surface area (Å²) in [4.78, 5) is 11.8. The molecule has 1 heterocycles. The molecule has 0 saturated carbocycles. The van der Waals surface area contributed by atoms with Gasteiger partial charge in [0.1, 0.15) is 0 Å². The lowest BCUT2D eigenvalue weighted by atomic mass is 9.90. The van der Waals surface area contributed by atoms with Crippen molar-refractivity contribution in [2.45, 2.75) is 32.7 Å². The van der Waals surface area contributed by atoms with Crippen molar-refractivity contribution in [3.8, 4) is 0 Å². The molecule has 1 saturated heterocycles. The summed E-state index contributed by atoms with van der Waals surface area (Å²) < 4.78 is 5.26. The van der Waals surface area contributed by atoms with Crippen LogP contribution in [0.4, 0.5) is 0 Å². The third kappa shape index (κ3) is 2.45. The average Bonchev–Trinajstić information content (AvgIpc) is 2.52. The minimum Gasteiger partial charge on any atom is -0.379 e. The third-order valence-electron chi connectivity index (χ3n) is 2.76. The van der Waals surface area contributed by atoms with Crippen LogP contribution in [-0.4, -0.2) is 31.2 Å². The molecule has 0 bridgehead atoms. The topological polar surface area (TPSA) is 64.4 Å². The summed E-state index contributed by atoms with van der Waals surface area (Å²) >= 11 is 0. The predicted octanol–water partition coefficient (Wildman–Crippen LogP) is 0.267. The Morgan fingerprint density at radius 1 is 1.64 bits per heavy atom. The molecule has 0 aromatic carbocycles. The smallest absolute Gasteiger partial charge is 0.227 e. The Labute approximate surface area is 85.2 Å². The highest BCUT2D eigenvalue weighted by Crippen LogP contribution is 2.21. The highest BCUT2D eigenvalue weighted by molar-refractivity contribution is 5.82. The molecule has 4 nitrogen and oxygen atoms in total. The van der Waals surface area contributed by atoms with Crippen LogP contribution in [0.15, 0.2) is 0 Å². The van der Waals surface area contributed by atoms with E-state index in [-0.39, 0.29) is 11.4 Å². The van der Waals surface area contributed by atoms with Gasteiger partial charge in [-0.3, -0.25) is 4.79 Å². The molecule has 0 radical (unpaired) electrons. The number of hydrogen-bond acceptors (Lipinski definition) is 3. The van der Waals surface area contributed by atoms with Gasteiger partial charge in [-0.1, -0.05) is 0 Å². The van der Waals surface area contributed by atoms with Crippen LogP contribution in [-0.2, 0) is 9.53 Å². The van der Waals surface area contributed by atoms with Gasteiger partial charge >= 0.3 is 0 Å². The van der Waals surface area contributed by atoms with Gasteiger partial charge < -0.3 is 15.8 Å². The number of rotatable bonds is 3. The van der Waals surface area contributed by atoms with Crippen LogP contribution in [0.1, 0.15) is 27.2 Å². The molecular weight excluding hydrogens is 180 g/mol. The standard InChI is InChI=1S/C10H20N2O2/c1-9(2,6-11)8(13)12-10(3)4-5-14-7-10/h4-7,11H2,1-3H3,(H,12,13). The second-order valence-electron chi connectivity index (χ2n) is 4.91. The van der Waals surface area contributed by atoms with E-state index in [9.17, 15) is 4.79 Å². The van der Waals surface area contributed by atoms with E-state index < -0.39 is 5.41 Å². The Kier molecular flexibility index (Phi) is 3.17. The van der Waals surface area contributed by atoms with Crippen LogP contribution < -0.4 is 11.1 Å². The number of hydrogen-bond donors (Lipinski definition) is 2. The maximum absolute atomic E-state index is 11.8. The Morgan fingerprint density at radius 3 is 2.71 bits per heavy atom. The summed E-state index contributed by atoms with van der Waals surface area (Å²) in [6.07, 6.45) is 0.874. The summed E-state index contributed by atoms with van der Waals surface area (Å²) in [6, 6.07) is 0. The minimum atomic E-state index is -0.494. The summed E-state index contributed by atoms with van der Waals surface area (Å²) in [7, 11) is 0. The van der Waals surface area contributed by atoms with E-state index in [1.807, 2.05) is 20.8 Å². The molecule has 1 rings (SSSR count). The maximum Gasteiger partial charge on any atom is 0.227 e. The molecule has 4 heteroatoms. The van der Waals surface area contributed by atoms with Crippen LogP contribution in [0.2, 0.25) is 0 Å². The first-order chi connectivity index (χ1) is 6.40. The molecule has 1 unspecified atom stereocenters. The lowest BCUT2D eigenvalue weighted by molar-refractivity contribution is -0.130. The molecule has 1 fully saturated rings. The molecule has 1 amide bonds. The van der Waals surface area contributed by atoms with Gasteiger partial charge in [-0.25, -0.2) is 0 Å². The molecule has 0 aromatic heterocycles. The van der Waals surface area contributed by atoms with Crippen LogP contribution in [0.25, 0.3) is 0 Å². The third-order valence-corrected chi connectivity index (χ3v) is 2.76. The second kappa shape index (κ2) is 3.87. The molecule has 3 N–H and O–H groups in total. The van der Waals surface area contributed by atoms with E-state index in [1.54, 1.807) is 0 Å². The highest BCUT2D eigenvalue weighted by atomic mass is 16.5. The first-order valence-corrected chi connectivity index (χ1v) is 5.00. The van der Waals surface area contributed by atoms with Gasteiger partial charge in [0, 0.05) is 13.2 Å². The molecule has 0 aliphatic carbocycles. The van der Waals surface area contributed by atoms with E-state index in [0.29, 0.717) is 13.2 Å². The second-order valence-corrected chi connectivity index (χ2v) is 4.91. The number of carbonyl (C=O) groups excluding carboxylic acids is 1. The van der Waals surface area contributed by atoms with Gasteiger partial charge in [0.15, 0.2) is 0 Å². The van der Waals surface area contributed by atoms with Crippen molar-refractivity contribution in [2.75, 3.05) is 19.8 Å². The molecule has 0 aromatic rings. The summed E-state index contributed by atoms with van der Waals surface area (Å²) in [5.74, 6) is 0.00741. The van der Waals surface area contributed by atoms with E-state index in [4.69, 9.17) is 10.5 Å². The maximum atomic E-state index is 11.8. The zero-order valence-corrected chi connectivity index (χ0v) is 9.22. The minimum absolute atomic E-state index is 0.00741. The van der Waals surface area contributed by atoms with E-state index in [2.05, 4.69) is 5.32 Å². The fourth-order valence-corrected chi connectivity index (χ4v) is 1.30. The van der Waals surface area contributed by atoms with Gasteiger partial charge in [-0.2, -0.15) is 0 Å². The Bertz CT molecular complexity index is 220. The summed E-state index contributed by atoms with van der Waals surface area (Å²) in [5, 5.41) is 3.00. The van der Waals surface area contributed by atoms with Crippen LogP contribution in [0.5, 0.6) is 0 Å². The lowest BCUT2D eigenvalue weighted by Crippen LogP contribution is -2.52. The molecule has 1 atom stereocenters. The van der Waals surface area contributed by atoms with E-state index >= 15 is 0 Å². The van der Waals surface area contributed by atoms with Gasteiger partial charge in [0.2, 0.25) is 5.91 Å². The monoisotopic (exact) mass is 200 g/mol. The number of carbonyl (C=O) groups is 1. The summed E-state index contributed by atoms with van der Waals surface area (Å²) in [5.41, 5.74) is 4.83. The van der Waals surface area contributed by atoms with Crippen molar-refractivity contribution in [3.05, 3.63) is 0 Å². The number of nitrogens with two attached hydrogens (primary N) is 1. The van der Waals surface area contributed by atoms with Crippen LogP contribution in [0.3, 0.4) is 0 Å². The molecule has 82 valence electrons. The van der Waals surface area contributed by atoms with Crippen LogP contribution in [0, 0.1) is 5.41 Å². The van der Waals surface area contributed by atoms with Crippen molar-refractivity contribution in [2.24, 2.45) is 11.1 Å². The van der Waals surface area contributed by atoms with E-state index in [1.165, 1.54) is 0 Å². The molecule has 1 aliphatic rings. The Balaban J connectivity index is 2.55. The first-order valence-electron chi connectivity index (χ1n) is 5.00. The number of ether oxygens (including phenoxy) is 1. The van der Waals surface area contributed by atoms with Crippen molar-refractivity contribution in [1.82, 2.24) is 5.32 Å². The molecule has 1 aliphatic heterocycles. The van der Waals surface area contributed by atoms with Gasteiger partial charge in [0.05, 0.1) is 17.6 Å². The zero-order chi connectivity index (χ0) is 10.8. The van der Waals surface area contributed by atoms with Crippen molar-refractivity contribution in [1.29, 1.82) is 0 Å². The van der Waals surface area contributed by atoms with Gasteiger partial charge in [0.25, 0.3) is 0 Å². The lowest BCUT2D eigenvalue weighted by Gasteiger charge is -2.29. The quantitative estimate of drug-likeness (QED) is 0.687. The zero-order valence-electron chi connectivity index (χ0n) is 9.22. The van der Waals surface area contributed by atoms with Crippen molar-refractivity contribution >= 4 is 5.91 Å². The largest absolute Gasteiger partial charge is 0.379 e. The van der Waals surface area contributed by atoms with Gasteiger partial charge in [-0.15, -0.1) is 0 Å².